The van der Waals surface area contributed by atoms with Crippen molar-refractivity contribution in [1.82, 2.24) is 0 Å². The van der Waals surface area contributed by atoms with Gasteiger partial charge in [-0.1, -0.05) is 171 Å². The molecule has 0 amide bonds. The smallest absolute Gasteiger partial charge is 0.140 e. The molecule has 0 bridgehead atoms. The van der Waals surface area contributed by atoms with Crippen LogP contribution in [-0.2, 0) is 5.60 Å². The van der Waals surface area contributed by atoms with Gasteiger partial charge < -0.3 is 14.6 Å². The highest BCUT2D eigenvalue weighted by Crippen LogP contribution is 2.50. The van der Waals surface area contributed by atoms with Crippen LogP contribution in [0.25, 0.3) is 0 Å². The van der Waals surface area contributed by atoms with Crippen molar-refractivity contribution in [2.45, 2.75) is 164 Å². The normalized spacial score (nSPS) is 12.5. The van der Waals surface area contributed by atoms with Crippen LogP contribution >= 0.6 is 7.92 Å². The van der Waals surface area contributed by atoms with E-state index in [1.807, 2.05) is 48.5 Å². The third kappa shape index (κ3) is 9.70. The van der Waals surface area contributed by atoms with E-state index in [9.17, 15) is 5.11 Å². The van der Waals surface area contributed by atoms with E-state index in [4.69, 9.17) is 9.47 Å². The first-order valence-corrected chi connectivity index (χ1v) is 24.4. The summed E-state index contributed by atoms with van der Waals surface area (Å²) >= 11 is 0. The van der Waals surface area contributed by atoms with Gasteiger partial charge in [0.2, 0.25) is 0 Å². The molecule has 0 radical (unpaired) electrons. The molecule has 0 saturated carbocycles. The van der Waals surface area contributed by atoms with Gasteiger partial charge in [0.25, 0.3) is 0 Å². The molecule has 0 aliphatic rings. The van der Waals surface area contributed by atoms with Gasteiger partial charge in [0.15, 0.2) is 0 Å². The van der Waals surface area contributed by atoms with E-state index in [0.29, 0.717) is 35.5 Å². The summed E-state index contributed by atoms with van der Waals surface area (Å²) in [5, 5.41) is 18.1. The molecule has 5 aromatic carbocycles. The van der Waals surface area contributed by atoms with Crippen LogP contribution in [-0.4, -0.2) is 19.3 Å². The van der Waals surface area contributed by atoms with Gasteiger partial charge >= 0.3 is 0 Å². The van der Waals surface area contributed by atoms with Crippen molar-refractivity contribution in [3.63, 3.8) is 0 Å². The van der Waals surface area contributed by atoms with Crippen molar-refractivity contribution in [3.05, 3.63) is 146 Å². The number of rotatable bonds is 16. The van der Waals surface area contributed by atoms with E-state index in [1.54, 1.807) is 14.2 Å². The van der Waals surface area contributed by atoms with Crippen LogP contribution in [0.15, 0.2) is 84.9 Å². The monoisotopic (exact) mass is 841 g/mol. The summed E-state index contributed by atoms with van der Waals surface area (Å²) < 4.78 is 11.2. The van der Waals surface area contributed by atoms with Gasteiger partial charge in [0.1, 0.15) is 17.1 Å². The topological polar surface area (TPSA) is 38.7 Å². The van der Waals surface area contributed by atoms with Gasteiger partial charge in [-0.05, 0) is 157 Å². The van der Waals surface area contributed by atoms with Gasteiger partial charge in [0, 0.05) is 0 Å². The summed E-state index contributed by atoms with van der Waals surface area (Å²) in [6.07, 6.45) is 0. The molecule has 3 nitrogen and oxygen atoms in total. The molecule has 0 atom stereocenters. The molecule has 1 N–H and O–H groups in total. The summed E-state index contributed by atoms with van der Waals surface area (Å²) in [5.74, 6) is 4.01. The van der Waals surface area contributed by atoms with Crippen LogP contribution in [0, 0.1) is 0 Å². The van der Waals surface area contributed by atoms with E-state index < -0.39 is 13.5 Å². The van der Waals surface area contributed by atoms with Gasteiger partial charge in [-0.25, -0.2) is 0 Å². The molecular formula is C57H77O3P. The molecule has 0 unspecified atom stereocenters. The SMILES string of the molecule is COc1ccc(C(O)(c2ccc(OC)cc2)c2cc(C(C)C)c(P(c3c(C(C)C)cc(C(C)C)cc3C(C)C)c3c(C(C)C)cc(C(C)C)cc3C(C)C)c(C(C)C)c2)cc1. The zero-order chi connectivity index (χ0) is 45.2. The molecular weight excluding hydrogens is 764 g/mol. The Hall–Kier alpha value is -3.91. The highest BCUT2D eigenvalue weighted by atomic mass is 31.1. The first-order valence-electron chi connectivity index (χ1n) is 23.0. The number of ether oxygens (including phenoxy) is 2. The summed E-state index contributed by atoms with van der Waals surface area (Å²) in [6.45, 7) is 37.9. The van der Waals surface area contributed by atoms with Crippen LogP contribution in [0.1, 0.15) is 219 Å². The molecule has 5 aromatic rings. The molecule has 0 fully saturated rings. The molecule has 61 heavy (non-hydrogen) atoms. The Bertz CT molecular complexity index is 2040. The van der Waals surface area contributed by atoms with Gasteiger partial charge in [-0.3, -0.25) is 0 Å². The summed E-state index contributed by atoms with van der Waals surface area (Å²) in [5.41, 5.74) is 12.3. The predicted octanol–water partition coefficient (Wildman–Crippen LogP) is 14.7. The van der Waals surface area contributed by atoms with Gasteiger partial charge in [-0.15, -0.1) is 0 Å². The second kappa shape index (κ2) is 19.6. The van der Waals surface area contributed by atoms with Crippen LogP contribution in [0.4, 0.5) is 0 Å². The first kappa shape index (κ1) is 48.1. The van der Waals surface area contributed by atoms with E-state index in [1.165, 1.54) is 60.4 Å². The molecule has 0 aliphatic heterocycles. The molecule has 0 heterocycles. The zero-order valence-electron chi connectivity index (χ0n) is 40.9. The minimum atomic E-state index is -1.46. The van der Waals surface area contributed by atoms with Crippen LogP contribution < -0.4 is 25.4 Å². The second-order valence-corrected chi connectivity index (χ2v) is 21.9. The van der Waals surface area contributed by atoms with Crippen molar-refractivity contribution in [2.75, 3.05) is 14.2 Å². The third-order valence-electron chi connectivity index (χ3n) is 12.7. The fraction of sp³-hybridized carbons (Fsp3) is 0.474. The minimum absolute atomic E-state index is 0.174. The van der Waals surface area contributed by atoms with Crippen LogP contribution in [0.3, 0.4) is 0 Å². The molecule has 5 rings (SSSR count). The van der Waals surface area contributed by atoms with Crippen molar-refractivity contribution in [2.24, 2.45) is 0 Å². The standard InChI is InChI=1S/C57H77O3P/c1-33(2)41-27-48(35(5)6)54(49(28-41)36(7)8)61(55-50(37(9)10)29-42(34(3)4)30-51(55)38(11)12)56-52(39(13)14)31-45(32-53(56)40(15)16)57(58,43-19-23-46(59-17)24-20-43)44-21-25-47(60-18)26-22-44/h19-40,58H,1-18H3. The maximum atomic E-state index is 13.6. The summed E-state index contributed by atoms with van der Waals surface area (Å²) in [4.78, 5) is 0. The molecule has 0 aromatic heterocycles. The van der Waals surface area contributed by atoms with Crippen LogP contribution in [0.5, 0.6) is 11.5 Å². The lowest BCUT2D eigenvalue weighted by Gasteiger charge is -2.38. The average molecular weight is 841 g/mol. The molecule has 328 valence electrons. The van der Waals surface area contributed by atoms with Gasteiger partial charge in [0.05, 0.1) is 14.2 Å². The first-order chi connectivity index (χ1) is 28.7. The Morgan fingerprint density at radius 2 is 0.607 bits per heavy atom. The Kier molecular flexibility index (Phi) is 15.5. The second-order valence-electron chi connectivity index (χ2n) is 19.8. The molecule has 4 heteroatoms. The quantitative estimate of drug-likeness (QED) is 0.0794. The van der Waals surface area contributed by atoms with E-state index >= 15 is 0 Å². The summed E-state index contributed by atoms with van der Waals surface area (Å²) in [7, 11) is 2.25. The summed E-state index contributed by atoms with van der Waals surface area (Å²) in [6, 6.07) is 30.8. The number of methoxy groups -OCH3 is 2. The molecule has 0 saturated heterocycles. The predicted molar refractivity (Wildman–Crippen MR) is 266 cm³/mol. The highest BCUT2D eigenvalue weighted by Gasteiger charge is 2.39. The van der Waals surface area contributed by atoms with Gasteiger partial charge in [-0.2, -0.15) is 0 Å². The number of benzene rings is 5. The Morgan fingerprint density at radius 1 is 0.361 bits per heavy atom. The fourth-order valence-corrected chi connectivity index (χ4v) is 13.0. The fourth-order valence-electron chi connectivity index (χ4n) is 8.88. The van der Waals surface area contributed by atoms with E-state index in [0.717, 1.165) is 28.2 Å². The minimum Gasteiger partial charge on any atom is -0.497 e. The Labute approximate surface area is 372 Å². The lowest BCUT2D eigenvalue weighted by atomic mass is 9.77. The van der Waals surface area contributed by atoms with E-state index in [2.05, 4.69) is 147 Å². The lowest BCUT2D eigenvalue weighted by Crippen LogP contribution is -2.36. The number of aliphatic hydroxyl groups is 1. The van der Waals surface area contributed by atoms with Crippen molar-refractivity contribution in [1.29, 1.82) is 0 Å². The van der Waals surface area contributed by atoms with Crippen molar-refractivity contribution < 1.29 is 14.6 Å². The van der Waals surface area contributed by atoms with Crippen LogP contribution in [0.2, 0.25) is 0 Å². The Balaban J connectivity index is 2.09. The zero-order valence-corrected chi connectivity index (χ0v) is 41.8. The maximum absolute atomic E-state index is 13.6. The lowest BCUT2D eigenvalue weighted by molar-refractivity contribution is 0.125. The average Bonchev–Trinajstić information content (AvgIpc) is 3.22. The number of hydrogen-bond donors (Lipinski definition) is 1. The van der Waals surface area contributed by atoms with Crippen molar-refractivity contribution >= 4 is 23.8 Å². The van der Waals surface area contributed by atoms with Crippen molar-refractivity contribution in [3.8, 4) is 11.5 Å². The maximum Gasteiger partial charge on any atom is 0.140 e. The van der Waals surface area contributed by atoms with E-state index in [-0.39, 0.29) is 11.8 Å². The largest absolute Gasteiger partial charge is 0.497 e. The number of hydrogen-bond acceptors (Lipinski definition) is 3. The third-order valence-corrected chi connectivity index (χ3v) is 15.6. The highest BCUT2D eigenvalue weighted by molar-refractivity contribution is 7.80. The molecule has 0 aliphatic carbocycles. The molecule has 0 spiro atoms. The Morgan fingerprint density at radius 3 is 0.820 bits per heavy atom.